The van der Waals surface area contributed by atoms with E-state index in [1.54, 1.807) is 4.90 Å². The number of nitrogens with one attached hydrogen (secondary N) is 1. The number of hydrogen-bond donors (Lipinski definition) is 1. The number of ether oxygens (including phenoxy) is 1. The zero-order valence-corrected chi connectivity index (χ0v) is 16.5. The second-order valence-corrected chi connectivity index (χ2v) is 8.52. The van der Waals surface area contributed by atoms with Crippen LogP contribution in [0.2, 0.25) is 0 Å². The van der Waals surface area contributed by atoms with Crippen LogP contribution in [0.3, 0.4) is 0 Å². The monoisotopic (exact) mass is 402 g/mol. The molecule has 144 valence electrons. The zero-order valence-electron chi connectivity index (χ0n) is 15.7. The van der Waals surface area contributed by atoms with Gasteiger partial charge in [0.2, 0.25) is 10.8 Å². The topological polar surface area (TPSA) is 58.6 Å². The molecule has 0 saturated carbocycles. The highest BCUT2D eigenvalue weighted by Crippen LogP contribution is 2.56. The molecule has 3 aromatic rings. The predicted molar refractivity (Wildman–Crippen MR) is 114 cm³/mol. The van der Waals surface area contributed by atoms with Gasteiger partial charge in [-0.2, -0.15) is 0 Å². The Balaban J connectivity index is 1.54. The number of anilines is 2. The lowest BCUT2D eigenvalue weighted by molar-refractivity contribution is -0.122. The first-order chi connectivity index (χ1) is 14.1. The van der Waals surface area contributed by atoms with Crippen LogP contribution in [0.25, 0.3) is 0 Å². The van der Waals surface area contributed by atoms with Gasteiger partial charge < -0.3 is 10.1 Å². The third-order valence-corrected chi connectivity index (χ3v) is 6.64. The maximum Gasteiger partial charge on any atom is 0.266 e. The van der Waals surface area contributed by atoms with Crippen LogP contribution in [0.5, 0.6) is 11.5 Å². The Bertz CT molecular complexity index is 1100. The molecule has 2 amide bonds. The van der Waals surface area contributed by atoms with Crippen LogP contribution in [0.4, 0.5) is 11.4 Å². The summed E-state index contributed by atoms with van der Waals surface area (Å²) in [6.07, 6.45) is 0. The van der Waals surface area contributed by atoms with Gasteiger partial charge in [0.1, 0.15) is 11.5 Å². The molecule has 1 spiro atoms. The van der Waals surface area contributed by atoms with Crippen LogP contribution in [0, 0.1) is 0 Å². The molecular weight excluding hydrogens is 384 g/mol. The lowest BCUT2D eigenvalue weighted by Gasteiger charge is -2.32. The van der Waals surface area contributed by atoms with Gasteiger partial charge in [0.15, 0.2) is 0 Å². The largest absolute Gasteiger partial charge is 0.457 e. The molecule has 1 N–H and O–H groups in total. The summed E-state index contributed by atoms with van der Waals surface area (Å²) in [6.45, 7) is 1.84. The van der Waals surface area contributed by atoms with Crippen molar-refractivity contribution in [1.82, 2.24) is 0 Å². The first kappa shape index (κ1) is 17.8. The summed E-state index contributed by atoms with van der Waals surface area (Å²) < 4.78 is 5.85. The first-order valence-electron chi connectivity index (χ1n) is 9.35. The second-order valence-electron chi connectivity index (χ2n) is 6.99. The number of hydrogen-bond acceptors (Lipinski definition) is 4. The van der Waals surface area contributed by atoms with Crippen molar-refractivity contribution in [2.24, 2.45) is 0 Å². The molecule has 29 heavy (non-hydrogen) atoms. The molecule has 5 nitrogen and oxygen atoms in total. The van der Waals surface area contributed by atoms with E-state index in [0.717, 1.165) is 17.0 Å². The van der Waals surface area contributed by atoms with Crippen molar-refractivity contribution < 1.29 is 14.3 Å². The third-order valence-electron chi connectivity index (χ3n) is 5.15. The Morgan fingerprint density at radius 3 is 2.31 bits per heavy atom. The summed E-state index contributed by atoms with van der Waals surface area (Å²) in [7, 11) is 0. The zero-order chi connectivity index (χ0) is 20.0. The van der Waals surface area contributed by atoms with Crippen molar-refractivity contribution >= 4 is 35.0 Å². The molecule has 0 bridgehead atoms. The summed E-state index contributed by atoms with van der Waals surface area (Å²) in [5.74, 6) is 1.13. The van der Waals surface area contributed by atoms with Crippen molar-refractivity contribution in [3.05, 3.63) is 84.4 Å². The number of para-hydroxylation sites is 2. The number of carbonyl (C=O) groups excluding carboxylic acids is 2. The van der Waals surface area contributed by atoms with Crippen molar-refractivity contribution in [3.63, 3.8) is 0 Å². The van der Waals surface area contributed by atoms with Crippen LogP contribution >= 0.6 is 11.8 Å². The molecule has 2 atom stereocenters. The minimum atomic E-state index is -1.09. The highest BCUT2D eigenvalue weighted by molar-refractivity contribution is 8.03. The first-order valence-corrected chi connectivity index (χ1v) is 10.2. The quantitative estimate of drug-likeness (QED) is 0.687. The molecule has 0 unspecified atom stereocenters. The Morgan fingerprint density at radius 1 is 0.897 bits per heavy atom. The molecule has 2 aliphatic rings. The summed E-state index contributed by atoms with van der Waals surface area (Å²) in [5, 5.41) is 2.61. The van der Waals surface area contributed by atoms with Gasteiger partial charge in [-0.05, 0) is 49.4 Å². The van der Waals surface area contributed by atoms with Gasteiger partial charge in [-0.3, -0.25) is 14.5 Å². The average molecular weight is 402 g/mol. The van der Waals surface area contributed by atoms with Crippen LogP contribution in [0.1, 0.15) is 12.5 Å². The molecule has 6 heteroatoms. The molecule has 0 aliphatic carbocycles. The van der Waals surface area contributed by atoms with Gasteiger partial charge in [0.05, 0.1) is 5.25 Å². The highest BCUT2D eigenvalue weighted by Gasteiger charge is 2.60. The van der Waals surface area contributed by atoms with Crippen LogP contribution in [-0.4, -0.2) is 17.1 Å². The van der Waals surface area contributed by atoms with Gasteiger partial charge >= 0.3 is 0 Å². The van der Waals surface area contributed by atoms with Crippen molar-refractivity contribution in [2.45, 2.75) is 17.0 Å². The SMILES string of the molecule is C[C@@H]1S[C@]2(C(=O)Nc3ccccc32)N(c2ccc(Oc3ccccc3)cc2)C1=O. The maximum atomic E-state index is 13.1. The number of fused-ring (bicyclic) bond motifs is 2. The van der Waals surface area contributed by atoms with E-state index in [2.05, 4.69) is 5.32 Å². The van der Waals surface area contributed by atoms with E-state index >= 15 is 0 Å². The molecule has 0 radical (unpaired) electrons. The summed E-state index contributed by atoms with van der Waals surface area (Å²) >= 11 is 1.38. The minimum Gasteiger partial charge on any atom is -0.457 e. The Morgan fingerprint density at radius 2 is 1.55 bits per heavy atom. The van der Waals surface area contributed by atoms with E-state index in [-0.39, 0.29) is 17.1 Å². The molecule has 2 heterocycles. The fourth-order valence-electron chi connectivity index (χ4n) is 3.85. The normalized spacial score (nSPS) is 22.7. The number of rotatable bonds is 3. The van der Waals surface area contributed by atoms with Gasteiger partial charge in [0.25, 0.3) is 5.91 Å². The standard InChI is InChI=1S/C23H18N2O3S/c1-15-21(26)25(23(29-15)19-9-5-6-10-20(19)24-22(23)27)16-11-13-18(14-12-16)28-17-7-3-2-4-8-17/h2-15H,1H3,(H,24,27)/t15-,23+/m0/s1. The van der Waals surface area contributed by atoms with E-state index < -0.39 is 4.87 Å². The molecule has 3 aromatic carbocycles. The fraction of sp³-hybridized carbons (Fsp3) is 0.130. The summed E-state index contributed by atoms with van der Waals surface area (Å²) in [5.41, 5.74) is 2.23. The molecule has 1 saturated heterocycles. The van der Waals surface area contributed by atoms with E-state index in [0.29, 0.717) is 11.4 Å². The van der Waals surface area contributed by atoms with E-state index in [9.17, 15) is 9.59 Å². The fourth-order valence-corrected chi connectivity index (χ4v) is 5.33. The highest BCUT2D eigenvalue weighted by atomic mass is 32.2. The van der Waals surface area contributed by atoms with Crippen molar-refractivity contribution in [3.8, 4) is 11.5 Å². The van der Waals surface area contributed by atoms with Crippen molar-refractivity contribution in [1.29, 1.82) is 0 Å². The number of benzene rings is 3. The minimum absolute atomic E-state index is 0.0846. The molecule has 5 rings (SSSR count). The second kappa shape index (κ2) is 6.67. The van der Waals surface area contributed by atoms with Gasteiger partial charge in [0, 0.05) is 16.9 Å². The molecular formula is C23H18N2O3S. The van der Waals surface area contributed by atoms with Crippen LogP contribution < -0.4 is 15.0 Å². The van der Waals surface area contributed by atoms with Gasteiger partial charge in [-0.25, -0.2) is 0 Å². The number of nitrogens with zero attached hydrogens (tertiary/aromatic N) is 1. The van der Waals surface area contributed by atoms with Crippen LogP contribution in [0.15, 0.2) is 78.9 Å². The third kappa shape index (κ3) is 2.71. The van der Waals surface area contributed by atoms with Gasteiger partial charge in [-0.1, -0.05) is 36.4 Å². The van der Waals surface area contributed by atoms with Gasteiger partial charge in [-0.15, -0.1) is 11.8 Å². The smallest absolute Gasteiger partial charge is 0.266 e. The molecule has 2 aliphatic heterocycles. The predicted octanol–water partition coefficient (Wildman–Crippen LogP) is 4.75. The molecule has 0 aromatic heterocycles. The lowest BCUT2D eigenvalue weighted by atomic mass is 10.0. The van der Waals surface area contributed by atoms with E-state index in [1.807, 2.05) is 85.8 Å². The van der Waals surface area contributed by atoms with E-state index in [1.165, 1.54) is 11.8 Å². The Labute approximate surface area is 172 Å². The average Bonchev–Trinajstić information content (AvgIpc) is 3.17. The van der Waals surface area contributed by atoms with Crippen LogP contribution in [-0.2, 0) is 14.5 Å². The molecule has 1 fully saturated rings. The number of amides is 2. The summed E-state index contributed by atoms with van der Waals surface area (Å²) in [4.78, 5) is 26.7. The van der Waals surface area contributed by atoms with E-state index in [4.69, 9.17) is 4.74 Å². The number of carbonyl (C=O) groups is 2. The Hall–Kier alpha value is -3.25. The number of thioether (sulfide) groups is 1. The maximum absolute atomic E-state index is 13.1. The van der Waals surface area contributed by atoms with Crippen molar-refractivity contribution in [2.75, 3.05) is 10.2 Å². The lowest BCUT2D eigenvalue weighted by Crippen LogP contribution is -2.47. The Kier molecular flexibility index (Phi) is 4.10. The summed E-state index contributed by atoms with van der Waals surface area (Å²) in [6, 6.07) is 24.3.